The molecule has 2 aromatic carbocycles. The summed E-state index contributed by atoms with van der Waals surface area (Å²) in [4.78, 5) is 12.5. The van der Waals surface area contributed by atoms with Gasteiger partial charge in [-0.15, -0.1) is 0 Å². The van der Waals surface area contributed by atoms with Crippen molar-refractivity contribution in [2.24, 2.45) is 5.92 Å². The number of benzene rings is 2. The lowest BCUT2D eigenvalue weighted by Crippen LogP contribution is -2.45. The highest BCUT2D eigenvalue weighted by atomic mass is 32.2. The number of carbonyl (C=O) groups excluding carboxylic acids is 1. The number of nitrogens with one attached hydrogen (secondary N) is 1. The number of sulfonamides is 1. The van der Waals surface area contributed by atoms with Crippen molar-refractivity contribution < 1.29 is 32.2 Å². The molecule has 3 rings (SSSR count). The molecule has 0 fully saturated rings. The summed E-state index contributed by atoms with van der Waals surface area (Å²) in [5.41, 5.74) is 0. The predicted octanol–water partition coefficient (Wildman–Crippen LogP) is 2.38. The fourth-order valence-corrected chi connectivity index (χ4v) is 4.14. The van der Waals surface area contributed by atoms with Gasteiger partial charge in [0.1, 0.15) is 38.2 Å². The van der Waals surface area contributed by atoms with Gasteiger partial charge >= 0.3 is 5.97 Å². The van der Waals surface area contributed by atoms with E-state index >= 15 is 0 Å². The van der Waals surface area contributed by atoms with E-state index in [-0.39, 0.29) is 24.0 Å². The maximum Gasteiger partial charge on any atom is 0.324 e. The van der Waals surface area contributed by atoms with Crippen molar-refractivity contribution >= 4 is 16.0 Å². The van der Waals surface area contributed by atoms with Crippen LogP contribution in [0.4, 0.5) is 0 Å². The summed E-state index contributed by atoms with van der Waals surface area (Å²) in [6, 6.07) is 12.4. The Balaban J connectivity index is 1.60. The van der Waals surface area contributed by atoms with Gasteiger partial charge in [-0.3, -0.25) is 4.79 Å². The zero-order valence-corrected chi connectivity index (χ0v) is 17.7. The van der Waals surface area contributed by atoms with E-state index < -0.39 is 22.0 Å². The summed E-state index contributed by atoms with van der Waals surface area (Å²) in [6.07, 6.45) is 0. The van der Waals surface area contributed by atoms with Gasteiger partial charge in [0.15, 0.2) is 11.5 Å². The van der Waals surface area contributed by atoms with E-state index in [0.717, 1.165) is 0 Å². The van der Waals surface area contributed by atoms with Crippen LogP contribution in [0.1, 0.15) is 13.8 Å². The largest absolute Gasteiger partial charge is 0.490 e. The van der Waals surface area contributed by atoms with Crippen LogP contribution in [0, 0.1) is 5.92 Å². The summed E-state index contributed by atoms with van der Waals surface area (Å²) in [5, 5.41) is 0. The van der Waals surface area contributed by atoms with Gasteiger partial charge in [-0.05, 0) is 30.2 Å². The summed E-state index contributed by atoms with van der Waals surface area (Å²) in [5.74, 6) is 0.514. The summed E-state index contributed by atoms with van der Waals surface area (Å²) < 4.78 is 49.6. The molecule has 30 heavy (non-hydrogen) atoms. The Morgan fingerprint density at radius 2 is 1.73 bits per heavy atom. The fourth-order valence-electron chi connectivity index (χ4n) is 2.79. The molecule has 0 spiro atoms. The fraction of sp³-hybridized carbons (Fsp3) is 0.381. The second-order valence-electron chi connectivity index (χ2n) is 6.98. The molecule has 0 saturated heterocycles. The van der Waals surface area contributed by atoms with Crippen molar-refractivity contribution in [1.82, 2.24) is 4.72 Å². The Morgan fingerprint density at radius 1 is 1.03 bits per heavy atom. The van der Waals surface area contributed by atoms with Crippen molar-refractivity contribution in [3.05, 3.63) is 48.5 Å². The van der Waals surface area contributed by atoms with Crippen molar-refractivity contribution in [1.29, 1.82) is 0 Å². The van der Waals surface area contributed by atoms with Crippen molar-refractivity contribution in [2.45, 2.75) is 24.8 Å². The van der Waals surface area contributed by atoms with Gasteiger partial charge in [0.05, 0.1) is 4.90 Å². The molecule has 1 aliphatic heterocycles. The van der Waals surface area contributed by atoms with Gasteiger partial charge in [-0.25, -0.2) is 8.42 Å². The van der Waals surface area contributed by atoms with Crippen LogP contribution in [-0.4, -0.2) is 46.9 Å². The highest BCUT2D eigenvalue weighted by Gasteiger charge is 2.30. The predicted molar refractivity (Wildman–Crippen MR) is 109 cm³/mol. The van der Waals surface area contributed by atoms with E-state index in [9.17, 15) is 13.2 Å². The van der Waals surface area contributed by atoms with Gasteiger partial charge in [0.25, 0.3) is 0 Å². The van der Waals surface area contributed by atoms with Gasteiger partial charge in [-0.2, -0.15) is 4.72 Å². The smallest absolute Gasteiger partial charge is 0.324 e. The highest BCUT2D eigenvalue weighted by molar-refractivity contribution is 7.89. The minimum absolute atomic E-state index is 0.00268. The van der Waals surface area contributed by atoms with E-state index in [1.165, 1.54) is 18.2 Å². The van der Waals surface area contributed by atoms with Gasteiger partial charge in [0.2, 0.25) is 10.0 Å². The topological polar surface area (TPSA) is 100 Å². The average Bonchev–Trinajstić information content (AvgIpc) is 2.75. The number of hydrogen-bond donors (Lipinski definition) is 1. The molecule has 0 radical (unpaired) electrons. The van der Waals surface area contributed by atoms with Crippen LogP contribution in [0.2, 0.25) is 0 Å². The van der Waals surface area contributed by atoms with Gasteiger partial charge < -0.3 is 18.9 Å². The third-order valence-corrected chi connectivity index (χ3v) is 5.81. The maximum atomic E-state index is 12.8. The lowest BCUT2D eigenvalue weighted by atomic mass is 10.1. The SMILES string of the molecule is CC(C)[C@H](NS(=O)(=O)c1ccc2c(c1)OCCO2)C(=O)OCCOc1ccccc1. The normalized spacial score (nSPS) is 14.2. The first-order valence-corrected chi connectivity index (χ1v) is 11.1. The van der Waals surface area contributed by atoms with Crippen LogP contribution < -0.4 is 18.9 Å². The number of esters is 1. The van der Waals surface area contributed by atoms with Gasteiger partial charge in [0, 0.05) is 6.07 Å². The minimum atomic E-state index is -3.97. The molecule has 0 aliphatic carbocycles. The third-order valence-electron chi connectivity index (χ3n) is 4.37. The molecule has 1 atom stereocenters. The number of carbonyl (C=O) groups is 1. The molecule has 1 heterocycles. The maximum absolute atomic E-state index is 12.8. The quantitative estimate of drug-likeness (QED) is 0.477. The first kappa shape index (κ1) is 21.9. The monoisotopic (exact) mass is 435 g/mol. The summed E-state index contributed by atoms with van der Waals surface area (Å²) in [6.45, 7) is 4.39. The lowest BCUT2D eigenvalue weighted by molar-refractivity contribution is -0.147. The van der Waals surface area contributed by atoms with Crippen LogP contribution in [0.5, 0.6) is 17.2 Å². The first-order chi connectivity index (χ1) is 14.4. The van der Waals surface area contributed by atoms with E-state index in [0.29, 0.717) is 30.5 Å². The molecule has 9 heteroatoms. The molecule has 0 unspecified atom stereocenters. The Bertz CT molecular complexity index is 961. The molecule has 1 aliphatic rings. The van der Waals surface area contributed by atoms with E-state index in [2.05, 4.69) is 4.72 Å². The minimum Gasteiger partial charge on any atom is -0.490 e. The molecule has 2 aromatic rings. The van der Waals surface area contributed by atoms with Crippen molar-refractivity contribution in [2.75, 3.05) is 26.4 Å². The van der Waals surface area contributed by atoms with Crippen LogP contribution in [0.3, 0.4) is 0 Å². The Hall–Kier alpha value is -2.78. The van der Waals surface area contributed by atoms with E-state index in [1.54, 1.807) is 26.0 Å². The Kier molecular flexibility index (Phi) is 7.17. The zero-order chi connectivity index (χ0) is 21.6. The first-order valence-electron chi connectivity index (χ1n) is 9.63. The Labute approximate surface area is 176 Å². The summed E-state index contributed by atoms with van der Waals surface area (Å²) in [7, 11) is -3.97. The van der Waals surface area contributed by atoms with E-state index in [4.69, 9.17) is 18.9 Å². The van der Waals surface area contributed by atoms with Crippen molar-refractivity contribution in [3.63, 3.8) is 0 Å². The highest BCUT2D eigenvalue weighted by Crippen LogP contribution is 2.32. The standard InChI is InChI=1S/C21H25NO7S/c1-15(2)20(21(23)29-13-10-26-16-6-4-3-5-7-16)22-30(24,25)17-8-9-18-19(14-17)28-12-11-27-18/h3-9,14-15,20,22H,10-13H2,1-2H3/t20-/m0/s1. The lowest BCUT2D eigenvalue weighted by Gasteiger charge is -2.22. The molecule has 0 bridgehead atoms. The van der Waals surface area contributed by atoms with Crippen LogP contribution >= 0.6 is 0 Å². The Morgan fingerprint density at radius 3 is 2.43 bits per heavy atom. The summed E-state index contributed by atoms with van der Waals surface area (Å²) >= 11 is 0. The molecule has 0 aromatic heterocycles. The van der Waals surface area contributed by atoms with Crippen LogP contribution in [-0.2, 0) is 19.6 Å². The number of para-hydroxylation sites is 1. The second-order valence-corrected chi connectivity index (χ2v) is 8.69. The van der Waals surface area contributed by atoms with Crippen molar-refractivity contribution in [3.8, 4) is 17.2 Å². The molecular weight excluding hydrogens is 410 g/mol. The average molecular weight is 435 g/mol. The molecule has 0 amide bonds. The number of ether oxygens (including phenoxy) is 4. The molecule has 1 N–H and O–H groups in total. The zero-order valence-electron chi connectivity index (χ0n) is 16.9. The molecule has 0 saturated carbocycles. The molecular formula is C21H25NO7S. The van der Waals surface area contributed by atoms with Crippen LogP contribution in [0.15, 0.2) is 53.4 Å². The number of rotatable bonds is 9. The third kappa shape index (κ3) is 5.64. The van der Waals surface area contributed by atoms with Gasteiger partial charge in [-0.1, -0.05) is 32.0 Å². The van der Waals surface area contributed by atoms with E-state index in [1.807, 2.05) is 18.2 Å². The molecule has 8 nitrogen and oxygen atoms in total. The molecule has 162 valence electrons. The number of fused-ring (bicyclic) bond motifs is 1. The second kappa shape index (κ2) is 9.82. The number of hydrogen-bond acceptors (Lipinski definition) is 7. The van der Waals surface area contributed by atoms with Crippen LogP contribution in [0.25, 0.3) is 0 Å².